The second-order valence-electron chi connectivity index (χ2n) is 9.17. The first-order valence-electron chi connectivity index (χ1n) is 12.0. The van der Waals surface area contributed by atoms with Gasteiger partial charge in [0.25, 0.3) is 0 Å². The third-order valence-corrected chi connectivity index (χ3v) is 6.91. The summed E-state index contributed by atoms with van der Waals surface area (Å²) in [5.41, 5.74) is 3.20. The summed E-state index contributed by atoms with van der Waals surface area (Å²) in [4.78, 5) is 39.3. The highest BCUT2D eigenvalue weighted by Crippen LogP contribution is 2.34. The van der Waals surface area contributed by atoms with Crippen LogP contribution in [0.2, 0.25) is 0 Å². The molecule has 32 heavy (non-hydrogen) atoms. The molecular weight excluding hydrogens is 404 g/mol. The molecule has 0 saturated carbocycles. The molecule has 2 aromatic rings. The first-order valence-corrected chi connectivity index (χ1v) is 12.0. The van der Waals surface area contributed by atoms with Crippen LogP contribution in [0.1, 0.15) is 50.9 Å². The molecule has 2 atom stereocenters. The Balaban J connectivity index is 1.51. The molecule has 2 saturated heterocycles. The fraction of sp³-hybridized carbons (Fsp3) is 0.625. The topological polar surface area (TPSA) is 84.6 Å². The lowest BCUT2D eigenvalue weighted by Gasteiger charge is -2.34. The van der Waals surface area contributed by atoms with Crippen LogP contribution in [0.25, 0.3) is 11.0 Å². The van der Waals surface area contributed by atoms with Gasteiger partial charge in [0.2, 0.25) is 12.3 Å². The summed E-state index contributed by atoms with van der Waals surface area (Å²) >= 11 is 0. The number of piperazine rings is 1. The molecule has 174 valence electrons. The third kappa shape index (κ3) is 4.90. The van der Waals surface area contributed by atoms with Gasteiger partial charge >= 0.3 is 0 Å². The molecule has 2 aliphatic rings. The number of carbonyl (C=O) groups excluding carboxylic acids is 2. The Hall–Kier alpha value is -2.61. The van der Waals surface area contributed by atoms with Crippen LogP contribution in [0.4, 0.5) is 5.69 Å². The Morgan fingerprint density at radius 2 is 2.09 bits per heavy atom. The number of aromatic amines is 1. The molecule has 8 heteroatoms. The van der Waals surface area contributed by atoms with Crippen molar-refractivity contribution >= 4 is 29.0 Å². The number of imidazole rings is 1. The lowest BCUT2D eigenvalue weighted by molar-refractivity contribution is -0.136. The summed E-state index contributed by atoms with van der Waals surface area (Å²) in [5, 5.41) is 2.72. The average Bonchev–Trinajstić information content (AvgIpc) is 3.45. The summed E-state index contributed by atoms with van der Waals surface area (Å²) in [7, 11) is 2.16. The summed E-state index contributed by atoms with van der Waals surface area (Å²) in [6, 6.07) is 6.41. The summed E-state index contributed by atoms with van der Waals surface area (Å²) in [6.07, 6.45) is 5.39. The second kappa shape index (κ2) is 10.3. The zero-order chi connectivity index (χ0) is 22.5. The van der Waals surface area contributed by atoms with Crippen molar-refractivity contribution in [1.29, 1.82) is 0 Å². The van der Waals surface area contributed by atoms with Crippen LogP contribution >= 0.6 is 0 Å². The molecule has 2 aliphatic heterocycles. The molecule has 2 fully saturated rings. The molecule has 4 rings (SSSR count). The fourth-order valence-electron chi connectivity index (χ4n) is 4.94. The number of aromatic nitrogens is 2. The number of benzene rings is 1. The van der Waals surface area contributed by atoms with Crippen molar-refractivity contribution in [1.82, 2.24) is 25.1 Å². The van der Waals surface area contributed by atoms with Gasteiger partial charge in [-0.1, -0.05) is 19.8 Å². The molecule has 0 spiro atoms. The summed E-state index contributed by atoms with van der Waals surface area (Å²) in [6.45, 7) is 7.48. The molecule has 8 nitrogen and oxygen atoms in total. The van der Waals surface area contributed by atoms with Crippen molar-refractivity contribution in [2.45, 2.75) is 45.1 Å². The number of likely N-dealkylation sites (tertiary alicyclic amines) is 1. The Bertz CT molecular complexity index is 920. The van der Waals surface area contributed by atoms with Gasteiger partial charge in [-0.15, -0.1) is 0 Å². The molecule has 1 aromatic heterocycles. The van der Waals surface area contributed by atoms with Crippen molar-refractivity contribution in [3.63, 3.8) is 0 Å². The number of amides is 2. The van der Waals surface area contributed by atoms with Crippen LogP contribution in [0, 0.1) is 5.92 Å². The van der Waals surface area contributed by atoms with E-state index >= 15 is 0 Å². The number of hydrogen-bond donors (Lipinski definition) is 2. The molecule has 0 aliphatic carbocycles. The van der Waals surface area contributed by atoms with Crippen LogP contribution in [0.3, 0.4) is 0 Å². The van der Waals surface area contributed by atoms with Crippen LogP contribution in [0.15, 0.2) is 18.2 Å². The number of anilines is 1. The maximum absolute atomic E-state index is 13.4. The van der Waals surface area contributed by atoms with E-state index in [2.05, 4.69) is 52.3 Å². The lowest BCUT2D eigenvalue weighted by atomic mass is 10.00. The number of unbranched alkanes of at least 4 members (excludes halogenated alkanes) is 1. The predicted octanol–water partition coefficient (Wildman–Crippen LogP) is 2.53. The minimum absolute atomic E-state index is 0.0256. The van der Waals surface area contributed by atoms with Gasteiger partial charge in [0.15, 0.2) is 0 Å². The predicted molar refractivity (Wildman–Crippen MR) is 127 cm³/mol. The van der Waals surface area contributed by atoms with E-state index < -0.39 is 0 Å². The number of rotatable bonds is 9. The lowest BCUT2D eigenvalue weighted by Crippen LogP contribution is -2.44. The largest absolute Gasteiger partial charge is 0.369 e. The highest BCUT2D eigenvalue weighted by atomic mass is 16.2. The van der Waals surface area contributed by atoms with E-state index in [1.54, 1.807) is 0 Å². The minimum Gasteiger partial charge on any atom is -0.369 e. The van der Waals surface area contributed by atoms with Gasteiger partial charge in [0.1, 0.15) is 5.82 Å². The van der Waals surface area contributed by atoms with Gasteiger partial charge in [0, 0.05) is 45.0 Å². The number of nitrogens with one attached hydrogen (secondary N) is 2. The highest BCUT2D eigenvalue weighted by molar-refractivity contribution is 5.82. The first kappa shape index (κ1) is 22.6. The number of fused-ring (bicyclic) bond motifs is 1. The quantitative estimate of drug-likeness (QED) is 0.586. The van der Waals surface area contributed by atoms with Gasteiger partial charge in [-0.25, -0.2) is 4.98 Å². The number of likely N-dealkylation sites (N-methyl/N-ethyl adjacent to an activating group) is 1. The van der Waals surface area contributed by atoms with Crippen LogP contribution in [-0.2, 0) is 9.59 Å². The van der Waals surface area contributed by atoms with Gasteiger partial charge in [-0.2, -0.15) is 0 Å². The third-order valence-electron chi connectivity index (χ3n) is 6.91. The Morgan fingerprint density at radius 3 is 2.84 bits per heavy atom. The minimum atomic E-state index is -0.172. The highest BCUT2D eigenvalue weighted by Gasteiger charge is 2.35. The average molecular weight is 441 g/mol. The van der Waals surface area contributed by atoms with E-state index in [1.807, 2.05) is 4.90 Å². The van der Waals surface area contributed by atoms with E-state index in [1.165, 1.54) is 5.69 Å². The number of H-pyrrole nitrogens is 1. The van der Waals surface area contributed by atoms with Crippen molar-refractivity contribution in [3.8, 4) is 0 Å². The van der Waals surface area contributed by atoms with Crippen molar-refractivity contribution in [2.75, 3.05) is 51.2 Å². The van der Waals surface area contributed by atoms with Gasteiger partial charge in [-0.05, 0) is 44.5 Å². The van der Waals surface area contributed by atoms with Gasteiger partial charge < -0.3 is 25.0 Å². The second-order valence-corrected chi connectivity index (χ2v) is 9.17. The molecule has 3 heterocycles. The van der Waals surface area contributed by atoms with E-state index in [9.17, 15) is 9.59 Å². The maximum atomic E-state index is 13.4. The van der Waals surface area contributed by atoms with Crippen LogP contribution < -0.4 is 10.2 Å². The summed E-state index contributed by atoms with van der Waals surface area (Å²) < 4.78 is 0. The standard InChI is InChI=1S/C24H36N6O2/c1-3-4-6-18(16-25-17-31)24(32)30-10-5-7-22(30)23-26-20-9-8-19(15-21(20)27-23)29-13-11-28(2)12-14-29/h8-9,15,17-18,22H,3-7,10-14,16H2,1-2H3,(H,25,31)(H,26,27)/t18-,22+/m1/s1. The molecule has 2 N–H and O–H groups in total. The van der Waals surface area contributed by atoms with E-state index in [0.29, 0.717) is 13.0 Å². The summed E-state index contributed by atoms with van der Waals surface area (Å²) in [5.74, 6) is 0.835. The Morgan fingerprint density at radius 1 is 1.28 bits per heavy atom. The smallest absolute Gasteiger partial charge is 0.228 e. The number of hydrogen-bond acceptors (Lipinski definition) is 5. The molecular formula is C24H36N6O2. The Labute approximate surface area is 190 Å². The SMILES string of the molecule is CCCC[C@H](CNC=O)C(=O)N1CCC[C@H]1c1nc2ccc(N3CCN(C)CC3)cc2[nH]1. The van der Waals surface area contributed by atoms with E-state index in [-0.39, 0.29) is 17.9 Å². The normalized spacial score (nSPS) is 20.6. The van der Waals surface area contributed by atoms with Crippen molar-refractivity contribution in [3.05, 3.63) is 24.0 Å². The van der Waals surface area contributed by atoms with Crippen molar-refractivity contribution < 1.29 is 9.59 Å². The monoisotopic (exact) mass is 440 g/mol. The molecule has 1 aromatic carbocycles. The maximum Gasteiger partial charge on any atom is 0.228 e. The molecule has 0 unspecified atom stereocenters. The zero-order valence-corrected chi connectivity index (χ0v) is 19.3. The first-order chi connectivity index (χ1) is 15.6. The van der Waals surface area contributed by atoms with Crippen molar-refractivity contribution in [2.24, 2.45) is 5.92 Å². The zero-order valence-electron chi connectivity index (χ0n) is 19.3. The van der Waals surface area contributed by atoms with E-state index in [4.69, 9.17) is 4.98 Å². The Kier molecular flexibility index (Phi) is 7.29. The van der Waals surface area contributed by atoms with Crippen LogP contribution in [0.5, 0.6) is 0 Å². The molecule has 2 amide bonds. The number of carbonyl (C=O) groups is 2. The number of nitrogens with zero attached hydrogens (tertiary/aromatic N) is 4. The van der Waals surface area contributed by atoms with Gasteiger partial charge in [-0.3, -0.25) is 9.59 Å². The van der Waals surface area contributed by atoms with E-state index in [0.717, 1.165) is 81.7 Å². The fourth-order valence-corrected chi connectivity index (χ4v) is 4.94. The molecule has 0 bridgehead atoms. The van der Waals surface area contributed by atoms with Gasteiger partial charge in [0.05, 0.1) is 23.0 Å². The van der Waals surface area contributed by atoms with Crippen LogP contribution in [-0.4, -0.2) is 78.4 Å². The molecule has 0 radical (unpaired) electrons.